The monoisotopic (exact) mass is 347 g/mol. The molecule has 2 aliphatic carbocycles. The van der Waals surface area contributed by atoms with E-state index in [1.807, 2.05) is 12.2 Å². The van der Waals surface area contributed by atoms with Crippen LogP contribution in [-0.2, 0) is 19.4 Å². The summed E-state index contributed by atoms with van der Waals surface area (Å²) in [6.45, 7) is 1.52. The number of nitrogens with zero attached hydrogens (tertiary/aromatic N) is 1. The van der Waals surface area contributed by atoms with Crippen LogP contribution in [0.3, 0.4) is 0 Å². The Bertz CT molecular complexity index is 858. The number of carbonyl (C=O) groups is 2. The maximum absolute atomic E-state index is 12.8. The second kappa shape index (κ2) is 4.92. The van der Waals surface area contributed by atoms with Crippen LogP contribution in [0.15, 0.2) is 35.2 Å². The minimum Gasteiger partial charge on any atom is -0.506 e. The molecule has 1 N–H and O–H groups in total. The molecule has 1 saturated carbocycles. The lowest BCUT2D eigenvalue weighted by atomic mass is 9.85. The van der Waals surface area contributed by atoms with Crippen LogP contribution in [0.5, 0.6) is 5.75 Å². The molecule has 0 spiro atoms. The minimum atomic E-state index is -3.50. The summed E-state index contributed by atoms with van der Waals surface area (Å²) in [5.41, 5.74) is -0.0340. The van der Waals surface area contributed by atoms with Gasteiger partial charge in [0.1, 0.15) is 5.75 Å². The molecule has 2 bridgehead atoms. The van der Waals surface area contributed by atoms with Gasteiger partial charge in [0.15, 0.2) is 9.84 Å². The molecule has 2 fully saturated rings. The number of benzene rings is 1. The van der Waals surface area contributed by atoms with Crippen molar-refractivity contribution < 1.29 is 23.1 Å². The average Bonchev–Trinajstić information content (AvgIpc) is 3.22. The zero-order chi connectivity index (χ0) is 17.2. The first kappa shape index (κ1) is 15.4. The van der Waals surface area contributed by atoms with E-state index in [4.69, 9.17) is 0 Å². The Morgan fingerprint density at radius 1 is 1.12 bits per heavy atom. The Morgan fingerprint density at radius 3 is 2.25 bits per heavy atom. The van der Waals surface area contributed by atoms with Crippen molar-refractivity contribution in [3.05, 3.63) is 30.4 Å². The summed E-state index contributed by atoms with van der Waals surface area (Å²) in [6, 6.07) is 3.73. The van der Waals surface area contributed by atoms with Crippen molar-refractivity contribution in [2.75, 3.05) is 10.7 Å². The summed E-state index contributed by atoms with van der Waals surface area (Å²) in [7, 11) is -3.50. The number of sulfone groups is 1. The van der Waals surface area contributed by atoms with Crippen LogP contribution in [0.4, 0.5) is 5.69 Å². The summed E-state index contributed by atoms with van der Waals surface area (Å²) < 4.78 is 24.1. The minimum absolute atomic E-state index is 0.00319. The van der Waals surface area contributed by atoms with E-state index < -0.39 is 21.7 Å². The molecule has 126 valence electrons. The van der Waals surface area contributed by atoms with Crippen LogP contribution in [0.25, 0.3) is 0 Å². The third kappa shape index (κ3) is 1.90. The lowest BCUT2D eigenvalue weighted by Gasteiger charge is -2.19. The van der Waals surface area contributed by atoms with E-state index in [0.717, 1.165) is 11.3 Å². The molecule has 1 saturated heterocycles. The van der Waals surface area contributed by atoms with Crippen LogP contribution in [0, 0.1) is 23.7 Å². The van der Waals surface area contributed by atoms with Gasteiger partial charge in [-0.15, -0.1) is 0 Å². The molecule has 24 heavy (non-hydrogen) atoms. The molecule has 6 nitrogen and oxygen atoms in total. The number of aromatic hydroxyl groups is 1. The van der Waals surface area contributed by atoms with Gasteiger partial charge in [-0.25, -0.2) is 13.3 Å². The Kier molecular flexibility index (Phi) is 3.16. The predicted molar refractivity (Wildman–Crippen MR) is 86.0 cm³/mol. The number of hydrogen-bond donors (Lipinski definition) is 1. The van der Waals surface area contributed by atoms with Crippen LogP contribution in [-0.4, -0.2) is 31.1 Å². The first-order chi connectivity index (χ1) is 11.3. The largest absolute Gasteiger partial charge is 0.506 e. The van der Waals surface area contributed by atoms with E-state index in [9.17, 15) is 23.1 Å². The highest BCUT2D eigenvalue weighted by Crippen LogP contribution is 2.53. The molecule has 3 aliphatic rings. The van der Waals surface area contributed by atoms with Crippen molar-refractivity contribution >= 4 is 27.3 Å². The van der Waals surface area contributed by atoms with Crippen LogP contribution < -0.4 is 4.90 Å². The fourth-order valence-corrected chi connectivity index (χ4v) is 5.08. The number of amides is 2. The summed E-state index contributed by atoms with van der Waals surface area (Å²) in [4.78, 5) is 26.5. The van der Waals surface area contributed by atoms with Crippen molar-refractivity contribution in [2.45, 2.75) is 18.2 Å². The maximum atomic E-state index is 12.8. The molecule has 7 heteroatoms. The number of allylic oxidation sites excluding steroid dienone is 2. The van der Waals surface area contributed by atoms with Gasteiger partial charge in [-0.05, 0) is 36.5 Å². The maximum Gasteiger partial charge on any atom is 0.238 e. The second-order valence-corrected chi connectivity index (χ2v) is 8.84. The van der Waals surface area contributed by atoms with Gasteiger partial charge in [0, 0.05) is 0 Å². The topological polar surface area (TPSA) is 91.8 Å². The molecule has 1 aromatic carbocycles. The molecule has 4 atom stereocenters. The summed E-state index contributed by atoms with van der Waals surface area (Å²) in [6.07, 6.45) is 4.79. The predicted octanol–water partition coefficient (Wildman–Crippen LogP) is 1.50. The molecule has 1 aliphatic heterocycles. The van der Waals surface area contributed by atoms with E-state index in [0.29, 0.717) is 0 Å². The van der Waals surface area contributed by atoms with Crippen molar-refractivity contribution in [1.82, 2.24) is 0 Å². The van der Waals surface area contributed by atoms with Crippen LogP contribution >= 0.6 is 0 Å². The van der Waals surface area contributed by atoms with Gasteiger partial charge in [-0.3, -0.25) is 9.59 Å². The highest BCUT2D eigenvalue weighted by molar-refractivity contribution is 7.91. The molecule has 0 radical (unpaired) electrons. The van der Waals surface area contributed by atoms with E-state index in [1.165, 1.54) is 25.1 Å². The number of imide groups is 1. The lowest BCUT2D eigenvalue weighted by molar-refractivity contribution is -0.123. The molecule has 1 aromatic rings. The van der Waals surface area contributed by atoms with Crippen molar-refractivity contribution in [1.29, 1.82) is 0 Å². The number of fused-ring (bicyclic) bond motifs is 5. The number of carbonyl (C=O) groups excluding carboxylic acids is 2. The SMILES string of the molecule is CCS(=O)(=O)c1ccc(O)c(N2C(=O)[C@H]3[C@H](C2=O)[C@H]2C=C[C@H]3C2)c1. The van der Waals surface area contributed by atoms with Gasteiger partial charge in [-0.2, -0.15) is 0 Å². The molecular formula is C17H17NO5S. The van der Waals surface area contributed by atoms with Crippen molar-refractivity contribution in [3.63, 3.8) is 0 Å². The van der Waals surface area contributed by atoms with Crippen LogP contribution in [0.1, 0.15) is 13.3 Å². The third-order valence-corrected chi connectivity index (χ3v) is 7.13. The molecule has 1 heterocycles. The smallest absolute Gasteiger partial charge is 0.238 e. The molecule has 0 unspecified atom stereocenters. The van der Waals surface area contributed by atoms with Gasteiger partial charge in [0.25, 0.3) is 0 Å². The van der Waals surface area contributed by atoms with Crippen molar-refractivity contribution in [3.8, 4) is 5.75 Å². The molecule has 4 rings (SSSR count). The van der Waals surface area contributed by atoms with E-state index in [-0.39, 0.29) is 45.7 Å². The number of anilines is 1. The van der Waals surface area contributed by atoms with E-state index >= 15 is 0 Å². The van der Waals surface area contributed by atoms with Gasteiger partial charge >= 0.3 is 0 Å². The number of hydrogen-bond acceptors (Lipinski definition) is 5. The highest BCUT2D eigenvalue weighted by atomic mass is 32.2. The second-order valence-electron chi connectivity index (χ2n) is 6.57. The quantitative estimate of drug-likeness (QED) is 0.661. The fraction of sp³-hybridized carbons (Fsp3) is 0.412. The number of rotatable bonds is 3. The first-order valence-corrected chi connectivity index (χ1v) is 9.62. The van der Waals surface area contributed by atoms with E-state index in [1.54, 1.807) is 0 Å². The summed E-state index contributed by atoms with van der Waals surface area (Å²) in [5.74, 6) is -1.72. The van der Waals surface area contributed by atoms with E-state index in [2.05, 4.69) is 0 Å². The normalized spacial score (nSPS) is 31.1. The standard InChI is InChI=1S/C17H17NO5S/c1-2-24(22,23)11-5-6-13(19)12(8-11)18-16(20)14-9-3-4-10(7-9)15(14)17(18)21/h3-6,8-10,14-15,19H,2,7H2,1H3/t9-,10-,14+,15+/m0/s1. The zero-order valence-electron chi connectivity index (χ0n) is 13.0. The van der Waals surface area contributed by atoms with Gasteiger partial charge < -0.3 is 5.11 Å². The third-order valence-electron chi connectivity index (χ3n) is 5.40. The average molecular weight is 347 g/mol. The lowest BCUT2D eigenvalue weighted by Crippen LogP contribution is -2.33. The zero-order valence-corrected chi connectivity index (χ0v) is 13.9. The Labute approximate surface area is 139 Å². The number of phenols is 1. The molecule has 2 amide bonds. The Balaban J connectivity index is 1.79. The summed E-state index contributed by atoms with van der Waals surface area (Å²) in [5, 5.41) is 10.1. The Hall–Kier alpha value is -2.15. The number of phenolic OH excluding ortho intramolecular Hbond substituents is 1. The molecular weight excluding hydrogens is 330 g/mol. The molecule has 0 aromatic heterocycles. The summed E-state index contributed by atoms with van der Waals surface area (Å²) >= 11 is 0. The van der Waals surface area contributed by atoms with Gasteiger partial charge in [0.05, 0.1) is 28.2 Å². The van der Waals surface area contributed by atoms with Crippen molar-refractivity contribution in [2.24, 2.45) is 23.7 Å². The first-order valence-electron chi connectivity index (χ1n) is 7.97. The Morgan fingerprint density at radius 2 is 1.71 bits per heavy atom. The highest BCUT2D eigenvalue weighted by Gasteiger charge is 2.59. The van der Waals surface area contributed by atoms with Crippen LogP contribution in [0.2, 0.25) is 0 Å². The van der Waals surface area contributed by atoms with Gasteiger partial charge in [-0.1, -0.05) is 19.1 Å². The fourth-order valence-electron chi connectivity index (χ4n) is 4.18. The van der Waals surface area contributed by atoms with Gasteiger partial charge in [0.2, 0.25) is 11.8 Å².